The van der Waals surface area contributed by atoms with Crippen LogP contribution in [0.2, 0.25) is 0 Å². The van der Waals surface area contributed by atoms with Crippen molar-refractivity contribution in [1.82, 2.24) is 4.90 Å². The molecule has 2 N–H and O–H groups in total. The SMILES string of the molecule is CC1SCC(C(=O)O)N1C(=O)Nc1ccc(F)c(Br)c1. The van der Waals surface area contributed by atoms with Gasteiger partial charge in [-0.25, -0.2) is 14.0 Å². The number of nitrogens with one attached hydrogen (secondary N) is 1. The van der Waals surface area contributed by atoms with E-state index in [4.69, 9.17) is 5.11 Å². The van der Waals surface area contributed by atoms with Gasteiger partial charge >= 0.3 is 12.0 Å². The molecule has 1 aromatic carbocycles. The fourth-order valence-electron chi connectivity index (χ4n) is 1.90. The van der Waals surface area contributed by atoms with Crippen molar-refractivity contribution in [3.8, 4) is 0 Å². The molecule has 20 heavy (non-hydrogen) atoms. The van der Waals surface area contributed by atoms with Crippen LogP contribution in [0.4, 0.5) is 14.9 Å². The summed E-state index contributed by atoms with van der Waals surface area (Å²) in [6, 6.07) is 2.71. The molecular weight excluding hydrogens is 351 g/mol. The summed E-state index contributed by atoms with van der Waals surface area (Å²) in [6.07, 6.45) is 0. The van der Waals surface area contributed by atoms with Crippen LogP contribution in [0.1, 0.15) is 6.92 Å². The molecule has 1 aromatic rings. The van der Waals surface area contributed by atoms with Crippen molar-refractivity contribution in [3.05, 3.63) is 28.5 Å². The number of hydrogen-bond acceptors (Lipinski definition) is 3. The monoisotopic (exact) mass is 362 g/mol. The molecule has 1 aliphatic heterocycles. The van der Waals surface area contributed by atoms with E-state index in [1.807, 2.05) is 0 Å². The lowest BCUT2D eigenvalue weighted by atomic mass is 10.3. The summed E-state index contributed by atoms with van der Waals surface area (Å²) in [5, 5.41) is 11.5. The molecule has 0 saturated carbocycles. The number of carboxylic acids is 1. The summed E-state index contributed by atoms with van der Waals surface area (Å²) in [6.45, 7) is 1.77. The minimum atomic E-state index is -1.03. The Labute approximate surface area is 127 Å². The molecule has 5 nitrogen and oxygen atoms in total. The Kier molecular flexibility index (Phi) is 4.54. The number of rotatable bonds is 2. The van der Waals surface area contributed by atoms with E-state index in [1.165, 1.54) is 34.9 Å². The van der Waals surface area contributed by atoms with Gasteiger partial charge < -0.3 is 10.4 Å². The van der Waals surface area contributed by atoms with E-state index in [2.05, 4.69) is 21.2 Å². The van der Waals surface area contributed by atoms with Gasteiger partial charge in [-0.1, -0.05) is 0 Å². The summed E-state index contributed by atoms with van der Waals surface area (Å²) in [4.78, 5) is 24.6. The van der Waals surface area contributed by atoms with Gasteiger partial charge in [0.1, 0.15) is 11.9 Å². The molecule has 2 atom stereocenters. The molecule has 2 rings (SSSR count). The summed E-state index contributed by atoms with van der Waals surface area (Å²) in [7, 11) is 0. The number of benzene rings is 1. The lowest BCUT2D eigenvalue weighted by Crippen LogP contribution is -2.46. The summed E-state index contributed by atoms with van der Waals surface area (Å²) >= 11 is 4.43. The number of nitrogens with zero attached hydrogens (tertiary/aromatic N) is 1. The van der Waals surface area contributed by atoms with Gasteiger partial charge in [0, 0.05) is 11.4 Å². The standard InChI is InChI=1S/C12H12BrFN2O3S/c1-6-16(10(5-20-6)11(17)18)12(19)15-7-2-3-9(14)8(13)4-7/h2-4,6,10H,5H2,1H3,(H,15,19)(H,17,18). The molecule has 1 saturated heterocycles. The highest BCUT2D eigenvalue weighted by Crippen LogP contribution is 2.29. The van der Waals surface area contributed by atoms with Gasteiger partial charge in [0.25, 0.3) is 0 Å². The van der Waals surface area contributed by atoms with Gasteiger partial charge in [0.2, 0.25) is 0 Å². The third kappa shape index (κ3) is 3.06. The van der Waals surface area contributed by atoms with Crippen LogP contribution in [0.3, 0.4) is 0 Å². The molecule has 1 heterocycles. The van der Waals surface area contributed by atoms with Crippen LogP contribution in [0.5, 0.6) is 0 Å². The number of anilines is 1. The molecule has 1 aliphatic rings. The van der Waals surface area contributed by atoms with Crippen LogP contribution >= 0.6 is 27.7 Å². The number of amides is 2. The summed E-state index contributed by atoms with van der Waals surface area (Å²) < 4.78 is 13.3. The maximum atomic E-state index is 13.1. The fraction of sp³-hybridized carbons (Fsp3) is 0.333. The molecule has 0 bridgehead atoms. The Morgan fingerprint density at radius 1 is 1.55 bits per heavy atom. The zero-order chi connectivity index (χ0) is 14.9. The topological polar surface area (TPSA) is 69.6 Å². The first-order valence-electron chi connectivity index (χ1n) is 5.79. The molecular formula is C12H12BrFN2O3S. The number of hydrogen-bond donors (Lipinski definition) is 2. The molecule has 1 fully saturated rings. The Hall–Kier alpha value is -1.28. The van der Waals surface area contributed by atoms with Crippen LogP contribution in [0.15, 0.2) is 22.7 Å². The van der Waals surface area contributed by atoms with Gasteiger partial charge in [-0.05, 0) is 41.1 Å². The van der Waals surface area contributed by atoms with Crippen molar-refractivity contribution < 1.29 is 19.1 Å². The first-order valence-corrected chi connectivity index (χ1v) is 7.63. The number of carboxylic acid groups (broad SMARTS) is 1. The molecule has 0 spiro atoms. The zero-order valence-electron chi connectivity index (χ0n) is 10.5. The van der Waals surface area contributed by atoms with Crippen molar-refractivity contribution in [3.63, 3.8) is 0 Å². The second-order valence-corrected chi connectivity index (χ2v) is 6.46. The second-order valence-electron chi connectivity index (χ2n) is 4.25. The van der Waals surface area contributed by atoms with Crippen LogP contribution in [-0.4, -0.2) is 39.2 Å². The quantitative estimate of drug-likeness (QED) is 0.848. The molecule has 0 aliphatic carbocycles. The average molecular weight is 363 g/mol. The minimum Gasteiger partial charge on any atom is -0.480 e. The van der Waals surface area contributed by atoms with Gasteiger partial charge in [-0.2, -0.15) is 0 Å². The van der Waals surface area contributed by atoms with Gasteiger partial charge in [0.15, 0.2) is 0 Å². The molecule has 0 radical (unpaired) electrons. The number of halogens is 2. The van der Waals surface area contributed by atoms with Crippen molar-refractivity contribution in [1.29, 1.82) is 0 Å². The smallest absolute Gasteiger partial charge is 0.327 e. The second kappa shape index (κ2) is 6.01. The van der Waals surface area contributed by atoms with Crippen LogP contribution in [-0.2, 0) is 4.79 Å². The zero-order valence-corrected chi connectivity index (χ0v) is 12.9. The molecule has 108 valence electrons. The maximum absolute atomic E-state index is 13.1. The number of carbonyl (C=O) groups is 2. The van der Waals surface area contributed by atoms with Crippen LogP contribution in [0, 0.1) is 5.82 Å². The minimum absolute atomic E-state index is 0.222. The highest BCUT2D eigenvalue weighted by atomic mass is 79.9. The first-order chi connectivity index (χ1) is 9.40. The van der Waals surface area contributed by atoms with Crippen molar-refractivity contribution >= 4 is 45.4 Å². The van der Waals surface area contributed by atoms with Crippen molar-refractivity contribution in [2.75, 3.05) is 11.1 Å². The summed E-state index contributed by atoms with van der Waals surface area (Å²) in [5.41, 5.74) is 0.400. The Bertz CT molecular complexity index is 558. The third-order valence-corrected chi connectivity index (χ3v) is 4.74. The molecule has 0 aromatic heterocycles. The molecule has 2 amide bonds. The highest BCUT2D eigenvalue weighted by Gasteiger charge is 2.39. The van der Waals surface area contributed by atoms with E-state index in [0.717, 1.165) is 0 Å². The first kappa shape index (κ1) is 15.1. The number of carbonyl (C=O) groups excluding carboxylic acids is 1. The Morgan fingerprint density at radius 3 is 2.85 bits per heavy atom. The Balaban J connectivity index is 2.14. The number of urea groups is 1. The number of aliphatic carboxylic acids is 1. The maximum Gasteiger partial charge on any atom is 0.327 e. The van der Waals surface area contributed by atoms with Crippen molar-refractivity contribution in [2.45, 2.75) is 18.3 Å². The van der Waals surface area contributed by atoms with E-state index in [-0.39, 0.29) is 9.85 Å². The van der Waals surface area contributed by atoms with Crippen LogP contribution < -0.4 is 5.32 Å². The largest absolute Gasteiger partial charge is 0.480 e. The lowest BCUT2D eigenvalue weighted by molar-refractivity contribution is -0.141. The highest BCUT2D eigenvalue weighted by molar-refractivity contribution is 9.10. The lowest BCUT2D eigenvalue weighted by Gasteiger charge is -2.25. The van der Waals surface area contributed by atoms with Gasteiger partial charge in [-0.15, -0.1) is 11.8 Å². The number of thioether (sulfide) groups is 1. The van der Waals surface area contributed by atoms with E-state index in [9.17, 15) is 14.0 Å². The fourth-order valence-corrected chi connectivity index (χ4v) is 3.45. The van der Waals surface area contributed by atoms with E-state index in [1.54, 1.807) is 6.92 Å². The van der Waals surface area contributed by atoms with E-state index in [0.29, 0.717) is 11.4 Å². The predicted octanol–water partition coefficient (Wildman–Crippen LogP) is 2.97. The van der Waals surface area contributed by atoms with Gasteiger partial charge in [-0.3, -0.25) is 4.90 Å². The van der Waals surface area contributed by atoms with E-state index >= 15 is 0 Å². The third-order valence-electron chi connectivity index (χ3n) is 2.91. The molecule has 2 unspecified atom stereocenters. The van der Waals surface area contributed by atoms with E-state index < -0.39 is 23.9 Å². The van der Waals surface area contributed by atoms with Crippen molar-refractivity contribution in [2.24, 2.45) is 0 Å². The van der Waals surface area contributed by atoms with Gasteiger partial charge in [0.05, 0.1) is 9.85 Å². The average Bonchev–Trinajstić information content (AvgIpc) is 2.76. The Morgan fingerprint density at radius 2 is 2.25 bits per heavy atom. The van der Waals surface area contributed by atoms with Crippen LogP contribution in [0.25, 0.3) is 0 Å². The predicted molar refractivity (Wildman–Crippen MR) is 78.3 cm³/mol. The summed E-state index contributed by atoms with van der Waals surface area (Å²) in [5.74, 6) is -1.11. The molecule has 8 heteroatoms. The normalized spacial score (nSPS) is 21.9.